The number of rotatable bonds is 4. The zero-order valence-electron chi connectivity index (χ0n) is 11.8. The highest BCUT2D eigenvalue weighted by molar-refractivity contribution is 7.98. The smallest absolute Gasteiger partial charge is 0.163 e. The Labute approximate surface area is 126 Å². The van der Waals surface area contributed by atoms with E-state index in [1.165, 1.54) is 0 Å². The van der Waals surface area contributed by atoms with Crippen molar-refractivity contribution in [3.63, 3.8) is 0 Å². The molecule has 2 aromatic heterocycles. The normalized spacial score (nSPS) is 11.0. The zero-order valence-corrected chi connectivity index (χ0v) is 12.6. The van der Waals surface area contributed by atoms with Crippen molar-refractivity contribution in [1.29, 1.82) is 0 Å². The Kier molecular flexibility index (Phi) is 3.66. The number of nitrogens with zero attached hydrogens (tertiary/aromatic N) is 4. The van der Waals surface area contributed by atoms with Crippen LogP contribution in [0.4, 0.5) is 5.82 Å². The molecule has 0 aliphatic heterocycles. The summed E-state index contributed by atoms with van der Waals surface area (Å²) in [6, 6.07) is 7.88. The number of ether oxygens (including phenoxy) is 1. The molecule has 0 radical (unpaired) electrons. The molecule has 2 N–H and O–H groups in total. The minimum atomic E-state index is 0.471. The summed E-state index contributed by atoms with van der Waals surface area (Å²) < 4.78 is 6.84. The van der Waals surface area contributed by atoms with Crippen LogP contribution < -0.4 is 10.5 Å². The van der Waals surface area contributed by atoms with Crippen LogP contribution in [0.1, 0.15) is 5.82 Å². The minimum absolute atomic E-state index is 0.471. The molecule has 0 saturated carbocycles. The summed E-state index contributed by atoms with van der Waals surface area (Å²) in [5.74, 6) is 2.66. The maximum absolute atomic E-state index is 5.95. The predicted molar refractivity (Wildman–Crippen MR) is 83.3 cm³/mol. The first-order valence-corrected chi connectivity index (χ1v) is 7.37. The van der Waals surface area contributed by atoms with Crippen LogP contribution in [0.2, 0.25) is 0 Å². The Morgan fingerprint density at radius 3 is 2.71 bits per heavy atom. The topological polar surface area (TPSA) is 78.9 Å². The molecule has 0 bridgehead atoms. The molecule has 21 heavy (non-hydrogen) atoms. The highest BCUT2D eigenvalue weighted by atomic mass is 32.2. The molecule has 3 aromatic rings. The van der Waals surface area contributed by atoms with Crippen LogP contribution in [0.5, 0.6) is 5.75 Å². The van der Waals surface area contributed by atoms with Gasteiger partial charge in [0.25, 0.3) is 0 Å². The van der Waals surface area contributed by atoms with Gasteiger partial charge in [-0.05, 0) is 24.3 Å². The first kappa shape index (κ1) is 13.7. The van der Waals surface area contributed by atoms with Gasteiger partial charge in [-0.15, -0.1) is 11.8 Å². The van der Waals surface area contributed by atoms with Crippen molar-refractivity contribution in [1.82, 2.24) is 19.7 Å². The van der Waals surface area contributed by atoms with Crippen LogP contribution in [0.3, 0.4) is 0 Å². The van der Waals surface area contributed by atoms with E-state index in [1.807, 2.05) is 31.3 Å². The minimum Gasteiger partial charge on any atom is -0.497 e. The number of nitrogens with two attached hydrogens (primary N) is 1. The lowest BCUT2D eigenvalue weighted by Crippen LogP contribution is -2.01. The number of aryl methyl sites for hydroxylation is 1. The molecular weight excluding hydrogens is 286 g/mol. The van der Waals surface area contributed by atoms with Crippen LogP contribution in [0.15, 0.2) is 35.4 Å². The van der Waals surface area contributed by atoms with Gasteiger partial charge >= 0.3 is 0 Å². The molecule has 0 atom stereocenters. The molecule has 2 heterocycles. The van der Waals surface area contributed by atoms with Crippen LogP contribution in [0.25, 0.3) is 11.0 Å². The second-order valence-electron chi connectivity index (χ2n) is 4.49. The SMILES string of the molecule is COc1ccc(SCc2nc(N)c3cnn(C)c3n2)cc1. The van der Waals surface area contributed by atoms with E-state index in [9.17, 15) is 0 Å². The fourth-order valence-corrected chi connectivity index (χ4v) is 2.73. The molecular formula is C14H15N5OS. The average molecular weight is 301 g/mol. The Bertz CT molecular complexity index is 769. The van der Waals surface area contributed by atoms with Crippen LogP contribution >= 0.6 is 11.8 Å². The number of thioether (sulfide) groups is 1. The summed E-state index contributed by atoms with van der Waals surface area (Å²) >= 11 is 1.65. The van der Waals surface area contributed by atoms with E-state index in [4.69, 9.17) is 10.5 Å². The van der Waals surface area contributed by atoms with E-state index in [1.54, 1.807) is 29.8 Å². The summed E-state index contributed by atoms with van der Waals surface area (Å²) in [4.78, 5) is 9.97. The van der Waals surface area contributed by atoms with Gasteiger partial charge in [-0.2, -0.15) is 5.10 Å². The highest BCUT2D eigenvalue weighted by Crippen LogP contribution is 2.25. The van der Waals surface area contributed by atoms with Crippen molar-refractivity contribution in [3.05, 3.63) is 36.3 Å². The van der Waals surface area contributed by atoms with E-state index in [2.05, 4.69) is 15.1 Å². The lowest BCUT2D eigenvalue weighted by atomic mass is 10.3. The lowest BCUT2D eigenvalue weighted by Gasteiger charge is -2.04. The number of anilines is 1. The van der Waals surface area contributed by atoms with Gasteiger partial charge in [-0.3, -0.25) is 4.68 Å². The molecule has 0 fully saturated rings. The average Bonchev–Trinajstić information content (AvgIpc) is 2.88. The number of hydrogen-bond acceptors (Lipinski definition) is 6. The quantitative estimate of drug-likeness (QED) is 0.745. The number of methoxy groups -OCH3 is 1. The van der Waals surface area contributed by atoms with E-state index < -0.39 is 0 Å². The van der Waals surface area contributed by atoms with Gasteiger partial charge in [-0.1, -0.05) is 0 Å². The summed E-state index contributed by atoms with van der Waals surface area (Å²) in [6.45, 7) is 0. The number of hydrogen-bond donors (Lipinski definition) is 1. The molecule has 6 nitrogen and oxygen atoms in total. The standard InChI is InChI=1S/C14H15N5OS/c1-19-14-11(7-16-19)13(15)17-12(18-14)8-21-10-5-3-9(20-2)4-6-10/h3-7H,8H2,1-2H3,(H2,15,17,18). The van der Waals surface area contributed by atoms with E-state index in [0.717, 1.165) is 21.7 Å². The van der Waals surface area contributed by atoms with Gasteiger partial charge in [0.15, 0.2) is 5.65 Å². The van der Waals surface area contributed by atoms with Gasteiger partial charge in [0.05, 0.1) is 24.4 Å². The van der Waals surface area contributed by atoms with Crippen molar-refractivity contribution in [2.75, 3.05) is 12.8 Å². The molecule has 0 saturated heterocycles. The zero-order chi connectivity index (χ0) is 14.8. The molecule has 0 unspecified atom stereocenters. The van der Waals surface area contributed by atoms with E-state index in [-0.39, 0.29) is 0 Å². The third kappa shape index (κ3) is 2.78. The van der Waals surface area contributed by atoms with Crippen LogP contribution in [-0.2, 0) is 12.8 Å². The van der Waals surface area contributed by atoms with Gasteiger partial charge in [0.1, 0.15) is 17.4 Å². The molecule has 0 amide bonds. The number of nitrogen functional groups attached to an aromatic ring is 1. The van der Waals surface area contributed by atoms with Crippen molar-refractivity contribution in [2.24, 2.45) is 7.05 Å². The predicted octanol–water partition coefficient (Wildman–Crippen LogP) is 2.25. The maximum Gasteiger partial charge on any atom is 0.163 e. The van der Waals surface area contributed by atoms with Crippen molar-refractivity contribution in [2.45, 2.75) is 10.6 Å². The second kappa shape index (κ2) is 5.61. The van der Waals surface area contributed by atoms with Crippen LogP contribution in [0, 0.1) is 0 Å². The summed E-state index contributed by atoms with van der Waals surface area (Å²) in [5, 5.41) is 4.94. The van der Waals surface area contributed by atoms with Gasteiger partial charge in [0.2, 0.25) is 0 Å². The Hall–Kier alpha value is -2.28. The first-order valence-electron chi connectivity index (χ1n) is 6.38. The molecule has 0 spiro atoms. The first-order chi connectivity index (χ1) is 10.2. The Balaban J connectivity index is 1.79. The molecule has 108 valence electrons. The third-order valence-electron chi connectivity index (χ3n) is 3.10. The lowest BCUT2D eigenvalue weighted by molar-refractivity contribution is 0.414. The Morgan fingerprint density at radius 2 is 2.00 bits per heavy atom. The third-order valence-corrected chi connectivity index (χ3v) is 4.10. The second-order valence-corrected chi connectivity index (χ2v) is 5.54. The van der Waals surface area contributed by atoms with Crippen molar-refractivity contribution in [3.8, 4) is 5.75 Å². The molecule has 7 heteroatoms. The number of aromatic nitrogens is 4. The number of benzene rings is 1. The molecule has 0 aliphatic rings. The molecule has 0 aliphatic carbocycles. The number of fused-ring (bicyclic) bond motifs is 1. The largest absolute Gasteiger partial charge is 0.497 e. The summed E-state index contributed by atoms with van der Waals surface area (Å²) in [6.07, 6.45) is 1.69. The Morgan fingerprint density at radius 1 is 1.24 bits per heavy atom. The van der Waals surface area contributed by atoms with Gasteiger partial charge < -0.3 is 10.5 Å². The fraction of sp³-hybridized carbons (Fsp3) is 0.214. The fourth-order valence-electron chi connectivity index (χ4n) is 1.98. The van der Waals surface area contributed by atoms with Crippen molar-refractivity contribution >= 4 is 28.6 Å². The molecule has 1 aromatic carbocycles. The summed E-state index contributed by atoms with van der Waals surface area (Å²) in [5.41, 5.74) is 6.70. The summed E-state index contributed by atoms with van der Waals surface area (Å²) in [7, 11) is 3.50. The van der Waals surface area contributed by atoms with E-state index >= 15 is 0 Å². The van der Waals surface area contributed by atoms with Crippen LogP contribution in [-0.4, -0.2) is 26.9 Å². The van der Waals surface area contributed by atoms with Gasteiger partial charge in [-0.25, -0.2) is 9.97 Å². The highest BCUT2D eigenvalue weighted by Gasteiger charge is 2.09. The van der Waals surface area contributed by atoms with Gasteiger partial charge in [0, 0.05) is 11.9 Å². The monoisotopic (exact) mass is 301 g/mol. The maximum atomic E-state index is 5.95. The molecule has 3 rings (SSSR count). The van der Waals surface area contributed by atoms with Crippen molar-refractivity contribution < 1.29 is 4.74 Å². The van der Waals surface area contributed by atoms with E-state index in [0.29, 0.717) is 17.4 Å².